The summed E-state index contributed by atoms with van der Waals surface area (Å²) >= 11 is 12.0. The van der Waals surface area contributed by atoms with E-state index >= 15 is 0 Å². The fraction of sp³-hybridized carbons (Fsp3) is 0.250. The van der Waals surface area contributed by atoms with Gasteiger partial charge in [0.25, 0.3) is 0 Å². The van der Waals surface area contributed by atoms with Crippen LogP contribution in [0.4, 0.5) is 5.69 Å². The SMILES string of the molecule is Cc1nn(C)cc1NCc1cc(Cl)ccc1Cl. The van der Waals surface area contributed by atoms with Crippen molar-refractivity contribution >= 4 is 28.9 Å². The molecule has 0 amide bonds. The van der Waals surface area contributed by atoms with Crippen LogP contribution in [0.3, 0.4) is 0 Å². The van der Waals surface area contributed by atoms with Gasteiger partial charge in [0, 0.05) is 29.8 Å². The average Bonchev–Trinajstić information content (AvgIpc) is 2.59. The first-order valence-corrected chi connectivity index (χ1v) is 6.00. The van der Waals surface area contributed by atoms with Crippen LogP contribution in [0.1, 0.15) is 11.3 Å². The standard InChI is InChI=1S/C12H13Cl2N3/c1-8-12(7-17(2)16-8)15-6-9-5-10(13)3-4-11(9)14/h3-5,7,15H,6H2,1-2H3. The zero-order valence-corrected chi connectivity index (χ0v) is 11.2. The second kappa shape index (κ2) is 4.98. The molecule has 17 heavy (non-hydrogen) atoms. The zero-order chi connectivity index (χ0) is 12.4. The Labute approximate surface area is 110 Å². The molecule has 90 valence electrons. The molecule has 0 aliphatic rings. The van der Waals surface area contributed by atoms with Crippen LogP contribution in [0.25, 0.3) is 0 Å². The summed E-state index contributed by atoms with van der Waals surface area (Å²) in [4.78, 5) is 0. The lowest BCUT2D eigenvalue weighted by atomic mass is 10.2. The van der Waals surface area contributed by atoms with E-state index in [1.54, 1.807) is 16.8 Å². The van der Waals surface area contributed by atoms with E-state index in [2.05, 4.69) is 10.4 Å². The minimum atomic E-state index is 0.631. The number of rotatable bonds is 3. The maximum atomic E-state index is 6.09. The third-order valence-electron chi connectivity index (χ3n) is 2.49. The number of hydrogen-bond acceptors (Lipinski definition) is 2. The number of nitrogens with one attached hydrogen (secondary N) is 1. The van der Waals surface area contributed by atoms with Gasteiger partial charge in [0.2, 0.25) is 0 Å². The van der Waals surface area contributed by atoms with Crippen LogP contribution in [0.15, 0.2) is 24.4 Å². The van der Waals surface area contributed by atoms with E-state index in [1.165, 1.54) is 0 Å². The lowest BCUT2D eigenvalue weighted by molar-refractivity contribution is 0.756. The van der Waals surface area contributed by atoms with Gasteiger partial charge in [0.15, 0.2) is 0 Å². The van der Waals surface area contributed by atoms with Crippen molar-refractivity contribution in [3.05, 3.63) is 45.7 Å². The number of aromatic nitrogens is 2. The molecule has 0 spiro atoms. The predicted octanol–water partition coefficient (Wildman–Crippen LogP) is 3.65. The minimum absolute atomic E-state index is 0.631. The average molecular weight is 270 g/mol. The Balaban J connectivity index is 2.12. The van der Waals surface area contributed by atoms with Gasteiger partial charge >= 0.3 is 0 Å². The largest absolute Gasteiger partial charge is 0.378 e. The zero-order valence-electron chi connectivity index (χ0n) is 9.67. The fourth-order valence-corrected chi connectivity index (χ4v) is 2.02. The summed E-state index contributed by atoms with van der Waals surface area (Å²) in [5.41, 5.74) is 2.94. The summed E-state index contributed by atoms with van der Waals surface area (Å²) in [7, 11) is 1.89. The molecule has 0 atom stereocenters. The van der Waals surface area contributed by atoms with Crippen LogP contribution in [0.2, 0.25) is 10.0 Å². The second-order valence-corrected chi connectivity index (χ2v) is 4.73. The fourth-order valence-electron chi connectivity index (χ4n) is 1.64. The number of aryl methyl sites for hydroxylation is 2. The van der Waals surface area contributed by atoms with E-state index in [9.17, 15) is 0 Å². The highest BCUT2D eigenvalue weighted by Gasteiger charge is 2.05. The number of benzene rings is 1. The molecule has 0 fully saturated rings. The van der Waals surface area contributed by atoms with Crippen molar-refractivity contribution < 1.29 is 0 Å². The van der Waals surface area contributed by atoms with Gasteiger partial charge in [-0.2, -0.15) is 5.10 Å². The summed E-state index contributed by atoms with van der Waals surface area (Å²) in [5, 5.41) is 8.95. The maximum Gasteiger partial charge on any atom is 0.0825 e. The van der Waals surface area contributed by atoms with E-state index < -0.39 is 0 Å². The number of anilines is 1. The summed E-state index contributed by atoms with van der Waals surface area (Å²) in [6.45, 7) is 2.59. The lowest BCUT2D eigenvalue weighted by Crippen LogP contribution is -2.00. The highest BCUT2D eigenvalue weighted by molar-refractivity contribution is 6.33. The Morgan fingerprint density at radius 2 is 2.12 bits per heavy atom. The smallest absolute Gasteiger partial charge is 0.0825 e. The van der Waals surface area contributed by atoms with Crippen molar-refractivity contribution in [2.24, 2.45) is 7.05 Å². The number of hydrogen-bond donors (Lipinski definition) is 1. The molecule has 1 N–H and O–H groups in total. The molecule has 2 rings (SSSR count). The van der Waals surface area contributed by atoms with Gasteiger partial charge in [-0.05, 0) is 30.7 Å². The van der Waals surface area contributed by atoms with Gasteiger partial charge in [-0.1, -0.05) is 23.2 Å². The molecule has 0 saturated carbocycles. The number of halogens is 2. The molecule has 0 bridgehead atoms. The van der Waals surface area contributed by atoms with E-state index in [0.29, 0.717) is 16.6 Å². The van der Waals surface area contributed by atoms with E-state index in [1.807, 2.05) is 26.2 Å². The van der Waals surface area contributed by atoms with Crippen molar-refractivity contribution in [2.45, 2.75) is 13.5 Å². The van der Waals surface area contributed by atoms with Crippen molar-refractivity contribution in [2.75, 3.05) is 5.32 Å². The Morgan fingerprint density at radius 1 is 1.35 bits per heavy atom. The summed E-state index contributed by atoms with van der Waals surface area (Å²) in [6, 6.07) is 5.45. The molecule has 2 aromatic rings. The van der Waals surface area contributed by atoms with Gasteiger partial charge in [-0.25, -0.2) is 0 Å². The van der Waals surface area contributed by atoms with Gasteiger partial charge in [0.1, 0.15) is 0 Å². The molecule has 0 unspecified atom stereocenters. The van der Waals surface area contributed by atoms with Crippen molar-refractivity contribution in [3.8, 4) is 0 Å². The van der Waals surface area contributed by atoms with E-state index in [0.717, 1.165) is 16.9 Å². The molecular formula is C12H13Cl2N3. The van der Waals surface area contributed by atoms with Crippen molar-refractivity contribution in [1.82, 2.24) is 9.78 Å². The Bertz CT molecular complexity index is 535. The van der Waals surface area contributed by atoms with Gasteiger partial charge < -0.3 is 5.32 Å². The normalized spacial score (nSPS) is 10.6. The molecule has 5 heteroatoms. The van der Waals surface area contributed by atoms with Crippen molar-refractivity contribution in [3.63, 3.8) is 0 Å². The molecule has 0 radical (unpaired) electrons. The molecular weight excluding hydrogens is 257 g/mol. The van der Waals surface area contributed by atoms with Crippen LogP contribution < -0.4 is 5.32 Å². The number of nitrogens with zero attached hydrogens (tertiary/aromatic N) is 2. The summed E-state index contributed by atoms with van der Waals surface area (Å²) < 4.78 is 1.78. The van der Waals surface area contributed by atoms with Crippen LogP contribution in [-0.2, 0) is 13.6 Å². The van der Waals surface area contributed by atoms with Crippen LogP contribution >= 0.6 is 23.2 Å². The Kier molecular flexibility index (Phi) is 3.60. The molecule has 0 saturated heterocycles. The topological polar surface area (TPSA) is 29.9 Å². The van der Waals surface area contributed by atoms with E-state index in [-0.39, 0.29) is 0 Å². The third kappa shape index (κ3) is 2.93. The van der Waals surface area contributed by atoms with Gasteiger partial charge in [0.05, 0.1) is 11.4 Å². The molecule has 0 aliphatic heterocycles. The maximum absolute atomic E-state index is 6.09. The highest BCUT2D eigenvalue weighted by atomic mass is 35.5. The summed E-state index contributed by atoms with van der Waals surface area (Å²) in [6.07, 6.45) is 1.94. The molecule has 1 heterocycles. The van der Waals surface area contributed by atoms with Crippen LogP contribution in [0.5, 0.6) is 0 Å². The first-order valence-electron chi connectivity index (χ1n) is 5.24. The monoisotopic (exact) mass is 269 g/mol. The minimum Gasteiger partial charge on any atom is -0.378 e. The molecule has 0 aliphatic carbocycles. The predicted molar refractivity (Wildman–Crippen MR) is 71.7 cm³/mol. The third-order valence-corrected chi connectivity index (χ3v) is 3.09. The van der Waals surface area contributed by atoms with Gasteiger partial charge in [-0.15, -0.1) is 0 Å². The lowest BCUT2D eigenvalue weighted by Gasteiger charge is -2.07. The first-order chi connectivity index (χ1) is 8.06. The Morgan fingerprint density at radius 3 is 2.76 bits per heavy atom. The van der Waals surface area contributed by atoms with Crippen LogP contribution in [0, 0.1) is 6.92 Å². The Hall–Kier alpha value is -1.19. The van der Waals surface area contributed by atoms with Gasteiger partial charge in [-0.3, -0.25) is 4.68 Å². The van der Waals surface area contributed by atoms with Crippen molar-refractivity contribution in [1.29, 1.82) is 0 Å². The highest BCUT2D eigenvalue weighted by Crippen LogP contribution is 2.22. The molecule has 3 nitrogen and oxygen atoms in total. The van der Waals surface area contributed by atoms with Crippen LogP contribution in [-0.4, -0.2) is 9.78 Å². The molecule has 1 aromatic carbocycles. The quantitative estimate of drug-likeness (QED) is 0.922. The summed E-state index contributed by atoms with van der Waals surface area (Å²) in [5.74, 6) is 0. The van der Waals surface area contributed by atoms with E-state index in [4.69, 9.17) is 23.2 Å². The first kappa shape index (κ1) is 12.3. The molecule has 1 aromatic heterocycles. The second-order valence-electron chi connectivity index (χ2n) is 3.89.